The van der Waals surface area contributed by atoms with Crippen molar-refractivity contribution in [1.29, 1.82) is 0 Å². The standard InChI is InChI=1S/C23H30N2O5S/c1-15-12-17(3)20(13-16(15)2)18(4)24-23(26)19-6-7-21(29-5)22(14-19)31(27,28)25-8-10-30-11-9-25/h6-7,12-14,18H,8-11H2,1-5H3,(H,24,26). The number of carbonyl (C=O) groups is 1. The van der Waals surface area contributed by atoms with Crippen molar-refractivity contribution < 1.29 is 22.7 Å². The minimum atomic E-state index is -3.81. The fourth-order valence-corrected chi connectivity index (χ4v) is 5.34. The second kappa shape index (κ2) is 9.38. The van der Waals surface area contributed by atoms with Crippen molar-refractivity contribution in [3.8, 4) is 5.75 Å². The van der Waals surface area contributed by atoms with E-state index in [-0.39, 0.29) is 41.2 Å². The average molecular weight is 447 g/mol. The van der Waals surface area contributed by atoms with Crippen molar-refractivity contribution >= 4 is 15.9 Å². The number of nitrogens with zero attached hydrogens (tertiary/aromatic N) is 1. The summed E-state index contributed by atoms with van der Waals surface area (Å²) < 4.78 is 38.2. The normalized spacial score (nSPS) is 16.0. The highest BCUT2D eigenvalue weighted by Crippen LogP contribution is 2.29. The van der Waals surface area contributed by atoms with Crippen LogP contribution in [0.5, 0.6) is 5.75 Å². The zero-order chi connectivity index (χ0) is 22.8. The van der Waals surface area contributed by atoms with Crippen LogP contribution >= 0.6 is 0 Å². The third-order valence-corrected chi connectivity index (χ3v) is 7.63. The van der Waals surface area contributed by atoms with Crippen molar-refractivity contribution in [3.63, 3.8) is 0 Å². The molecule has 0 aliphatic carbocycles. The number of aryl methyl sites for hydroxylation is 3. The summed E-state index contributed by atoms with van der Waals surface area (Å²) in [5.41, 5.74) is 4.76. The number of hydrogen-bond donors (Lipinski definition) is 1. The van der Waals surface area contributed by atoms with Gasteiger partial charge in [-0.2, -0.15) is 4.31 Å². The molecule has 0 aromatic heterocycles. The summed E-state index contributed by atoms with van der Waals surface area (Å²) in [6.45, 7) is 9.26. The van der Waals surface area contributed by atoms with Gasteiger partial charge in [0, 0.05) is 18.7 Å². The Morgan fingerprint density at radius 2 is 1.71 bits per heavy atom. The van der Waals surface area contributed by atoms with Gasteiger partial charge in [-0.1, -0.05) is 12.1 Å². The number of carbonyl (C=O) groups excluding carboxylic acids is 1. The van der Waals surface area contributed by atoms with Crippen molar-refractivity contribution in [3.05, 3.63) is 58.1 Å². The number of benzene rings is 2. The van der Waals surface area contributed by atoms with E-state index in [0.29, 0.717) is 13.2 Å². The molecule has 1 N–H and O–H groups in total. The third-order valence-electron chi connectivity index (χ3n) is 5.71. The molecule has 2 aromatic rings. The van der Waals surface area contributed by atoms with Crippen LogP contribution in [0.3, 0.4) is 0 Å². The van der Waals surface area contributed by atoms with Crippen LogP contribution in [0.1, 0.15) is 45.6 Å². The fourth-order valence-electron chi connectivity index (χ4n) is 3.75. The number of rotatable bonds is 6. The van der Waals surface area contributed by atoms with E-state index in [1.165, 1.54) is 29.1 Å². The molecule has 1 atom stereocenters. The molecule has 1 amide bonds. The van der Waals surface area contributed by atoms with Crippen LogP contribution in [0, 0.1) is 20.8 Å². The number of ether oxygens (including phenoxy) is 2. The lowest BCUT2D eigenvalue weighted by molar-refractivity contribution is 0.0729. The number of nitrogens with one attached hydrogen (secondary N) is 1. The smallest absolute Gasteiger partial charge is 0.251 e. The van der Waals surface area contributed by atoms with Crippen LogP contribution in [-0.2, 0) is 14.8 Å². The summed E-state index contributed by atoms with van der Waals surface area (Å²) in [5.74, 6) is -0.132. The van der Waals surface area contributed by atoms with Gasteiger partial charge in [0.15, 0.2) is 0 Å². The minimum absolute atomic E-state index is 0.0143. The van der Waals surface area contributed by atoms with Gasteiger partial charge in [-0.15, -0.1) is 0 Å². The Labute approximate surface area is 184 Å². The first kappa shape index (κ1) is 23.2. The monoisotopic (exact) mass is 446 g/mol. The zero-order valence-electron chi connectivity index (χ0n) is 18.7. The molecule has 1 fully saturated rings. The molecule has 0 spiro atoms. The van der Waals surface area contributed by atoms with Gasteiger partial charge in [-0.3, -0.25) is 4.79 Å². The lowest BCUT2D eigenvalue weighted by Gasteiger charge is -2.27. The summed E-state index contributed by atoms with van der Waals surface area (Å²) in [7, 11) is -2.40. The molecule has 7 nitrogen and oxygen atoms in total. The first-order valence-corrected chi connectivity index (χ1v) is 11.7. The van der Waals surface area contributed by atoms with E-state index in [4.69, 9.17) is 9.47 Å². The van der Waals surface area contributed by atoms with Crippen LogP contribution < -0.4 is 10.1 Å². The Hall–Kier alpha value is -2.42. The molecule has 0 saturated carbocycles. The Bertz CT molecular complexity index is 1080. The number of morpholine rings is 1. The second-order valence-corrected chi connectivity index (χ2v) is 9.78. The van der Waals surface area contributed by atoms with E-state index < -0.39 is 10.0 Å². The lowest BCUT2D eigenvalue weighted by atomic mass is 9.96. The van der Waals surface area contributed by atoms with E-state index >= 15 is 0 Å². The predicted octanol–water partition coefficient (Wildman–Crippen LogP) is 3.13. The maximum Gasteiger partial charge on any atom is 0.251 e. The number of hydrogen-bond acceptors (Lipinski definition) is 5. The number of amides is 1. The minimum Gasteiger partial charge on any atom is -0.495 e. The van der Waals surface area contributed by atoms with Crippen molar-refractivity contribution in [2.45, 2.75) is 38.6 Å². The van der Waals surface area contributed by atoms with Gasteiger partial charge in [0.05, 0.1) is 26.4 Å². The van der Waals surface area contributed by atoms with E-state index in [1.807, 2.05) is 20.8 Å². The molecule has 1 heterocycles. The molecule has 3 rings (SSSR count). The number of methoxy groups -OCH3 is 1. The van der Waals surface area contributed by atoms with Gasteiger partial charge >= 0.3 is 0 Å². The molecule has 1 saturated heterocycles. The zero-order valence-corrected chi connectivity index (χ0v) is 19.5. The molecule has 168 valence electrons. The van der Waals surface area contributed by atoms with E-state index in [0.717, 1.165) is 16.7 Å². The molecular formula is C23H30N2O5S. The molecular weight excluding hydrogens is 416 g/mol. The van der Waals surface area contributed by atoms with Gasteiger partial charge in [-0.05, 0) is 68.1 Å². The summed E-state index contributed by atoms with van der Waals surface area (Å²) in [5, 5.41) is 2.99. The first-order valence-electron chi connectivity index (χ1n) is 10.3. The van der Waals surface area contributed by atoms with Crippen LogP contribution in [0.2, 0.25) is 0 Å². The Morgan fingerprint density at radius 3 is 2.35 bits per heavy atom. The Morgan fingerprint density at radius 1 is 1.06 bits per heavy atom. The summed E-state index contributed by atoms with van der Waals surface area (Å²) in [6.07, 6.45) is 0. The summed E-state index contributed by atoms with van der Waals surface area (Å²) in [6, 6.07) is 8.44. The fraction of sp³-hybridized carbons (Fsp3) is 0.435. The quantitative estimate of drug-likeness (QED) is 0.737. The summed E-state index contributed by atoms with van der Waals surface area (Å²) >= 11 is 0. The first-order chi connectivity index (χ1) is 14.6. The predicted molar refractivity (Wildman–Crippen MR) is 119 cm³/mol. The molecule has 1 aliphatic heterocycles. The maximum absolute atomic E-state index is 13.2. The van der Waals surface area contributed by atoms with Crippen molar-refractivity contribution in [1.82, 2.24) is 9.62 Å². The van der Waals surface area contributed by atoms with Gasteiger partial charge < -0.3 is 14.8 Å². The van der Waals surface area contributed by atoms with Crippen LogP contribution in [0.4, 0.5) is 0 Å². The third kappa shape index (κ3) is 4.92. The largest absolute Gasteiger partial charge is 0.495 e. The average Bonchev–Trinajstić information content (AvgIpc) is 2.76. The van der Waals surface area contributed by atoms with Gasteiger partial charge in [0.2, 0.25) is 10.0 Å². The van der Waals surface area contributed by atoms with Crippen LogP contribution in [-0.4, -0.2) is 52.0 Å². The second-order valence-electron chi connectivity index (χ2n) is 7.87. The molecule has 0 radical (unpaired) electrons. The molecule has 0 bridgehead atoms. The van der Waals surface area contributed by atoms with Gasteiger partial charge in [-0.25, -0.2) is 8.42 Å². The molecule has 8 heteroatoms. The van der Waals surface area contributed by atoms with Crippen molar-refractivity contribution in [2.24, 2.45) is 0 Å². The van der Waals surface area contributed by atoms with E-state index in [9.17, 15) is 13.2 Å². The number of sulfonamides is 1. The Kier molecular flexibility index (Phi) is 7.03. The van der Waals surface area contributed by atoms with Crippen LogP contribution in [0.15, 0.2) is 35.2 Å². The molecule has 2 aromatic carbocycles. The SMILES string of the molecule is COc1ccc(C(=O)NC(C)c2cc(C)c(C)cc2C)cc1S(=O)(=O)N1CCOCC1. The summed E-state index contributed by atoms with van der Waals surface area (Å²) in [4.78, 5) is 13.0. The van der Waals surface area contributed by atoms with Crippen molar-refractivity contribution in [2.75, 3.05) is 33.4 Å². The van der Waals surface area contributed by atoms with Crippen LogP contribution in [0.25, 0.3) is 0 Å². The van der Waals surface area contributed by atoms with Gasteiger partial charge in [0.1, 0.15) is 10.6 Å². The molecule has 1 aliphatic rings. The molecule has 1 unspecified atom stereocenters. The lowest BCUT2D eigenvalue weighted by Crippen LogP contribution is -2.40. The van der Waals surface area contributed by atoms with Gasteiger partial charge in [0.25, 0.3) is 5.91 Å². The van der Waals surface area contributed by atoms with E-state index in [2.05, 4.69) is 24.4 Å². The maximum atomic E-state index is 13.2. The van der Waals surface area contributed by atoms with E-state index in [1.54, 1.807) is 6.07 Å². The Balaban J connectivity index is 1.88. The highest BCUT2D eigenvalue weighted by molar-refractivity contribution is 7.89. The topological polar surface area (TPSA) is 84.9 Å². The molecule has 31 heavy (non-hydrogen) atoms. The highest BCUT2D eigenvalue weighted by Gasteiger charge is 2.30. The highest BCUT2D eigenvalue weighted by atomic mass is 32.2.